The van der Waals surface area contributed by atoms with E-state index >= 15 is 0 Å². The fourth-order valence-electron chi connectivity index (χ4n) is 1.71. The fourth-order valence-corrected chi connectivity index (χ4v) is 1.71. The first-order valence-electron chi connectivity index (χ1n) is 5.73. The zero-order valence-corrected chi connectivity index (χ0v) is 10.2. The van der Waals surface area contributed by atoms with Gasteiger partial charge in [-0.25, -0.2) is 9.37 Å². The number of benzene rings is 1. The van der Waals surface area contributed by atoms with Gasteiger partial charge in [-0.3, -0.25) is 0 Å². The second-order valence-electron chi connectivity index (χ2n) is 4.03. The molecule has 3 N–H and O–H groups in total. The van der Waals surface area contributed by atoms with Gasteiger partial charge in [-0.2, -0.15) is 4.98 Å². The average molecular weight is 246 g/mol. The first-order chi connectivity index (χ1) is 8.66. The summed E-state index contributed by atoms with van der Waals surface area (Å²) >= 11 is 0. The van der Waals surface area contributed by atoms with Gasteiger partial charge < -0.3 is 11.1 Å². The van der Waals surface area contributed by atoms with Crippen molar-refractivity contribution in [2.75, 3.05) is 17.6 Å². The van der Waals surface area contributed by atoms with E-state index in [2.05, 4.69) is 34.3 Å². The molecule has 0 amide bonds. The number of anilines is 2. The van der Waals surface area contributed by atoms with Gasteiger partial charge in [0.1, 0.15) is 0 Å². The van der Waals surface area contributed by atoms with Gasteiger partial charge in [-0.05, 0) is 24.5 Å². The van der Waals surface area contributed by atoms with Gasteiger partial charge in [-0.1, -0.05) is 24.3 Å². The second-order valence-corrected chi connectivity index (χ2v) is 4.03. The fraction of sp³-hybridized carbons (Fsp3) is 0.231. The molecule has 0 unspecified atom stereocenters. The molecule has 0 fully saturated rings. The Hall–Kier alpha value is -2.17. The Kier molecular flexibility index (Phi) is 3.72. The Bertz CT molecular complexity index is 542. The molecule has 0 aliphatic rings. The average Bonchev–Trinajstić information content (AvgIpc) is 2.36. The first-order valence-corrected chi connectivity index (χ1v) is 5.73. The van der Waals surface area contributed by atoms with E-state index in [9.17, 15) is 4.39 Å². The predicted octanol–water partition coefficient (Wildman–Crippen LogP) is 2.16. The van der Waals surface area contributed by atoms with Crippen LogP contribution in [0, 0.1) is 12.7 Å². The molecule has 0 saturated heterocycles. The summed E-state index contributed by atoms with van der Waals surface area (Å²) in [5.41, 5.74) is 7.86. The summed E-state index contributed by atoms with van der Waals surface area (Å²) in [6.45, 7) is 2.65. The number of nitrogens with zero attached hydrogens (tertiary/aromatic N) is 2. The van der Waals surface area contributed by atoms with Crippen LogP contribution in [-0.2, 0) is 6.42 Å². The lowest BCUT2D eigenvalue weighted by Crippen LogP contribution is -2.10. The van der Waals surface area contributed by atoms with Crippen molar-refractivity contribution >= 4 is 11.8 Å². The molecule has 0 aliphatic heterocycles. The Morgan fingerprint density at radius 1 is 1.33 bits per heavy atom. The number of nitrogen functional groups attached to an aromatic ring is 1. The van der Waals surface area contributed by atoms with E-state index in [4.69, 9.17) is 5.73 Å². The van der Waals surface area contributed by atoms with E-state index in [1.165, 1.54) is 11.1 Å². The van der Waals surface area contributed by atoms with Crippen LogP contribution < -0.4 is 11.1 Å². The molecule has 1 aromatic heterocycles. The lowest BCUT2D eigenvalue weighted by Gasteiger charge is -2.08. The maximum absolute atomic E-state index is 13.3. The van der Waals surface area contributed by atoms with E-state index in [0.29, 0.717) is 6.54 Å². The molecule has 2 aromatic rings. The van der Waals surface area contributed by atoms with Crippen LogP contribution in [-0.4, -0.2) is 16.5 Å². The molecule has 0 bridgehead atoms. The van der Waals surface area contributed by atoms with Crippen LogP contribution in [0.1, 0.15) is 11.1 Å². The Balaban J connectivity index is 1.96. The smallest absolute Gasteiger partial charge is 0.222 e. The number of rotatable bonds is 4. The number of aryl methyl sites for hydroxylation is 1. The van der Waals surface area contributed by atoms with Crippen molar-refractivity contribution in [3.8, 4) is 0 Å². The van der Waals surface area contributed by atoms with Gasteiger partial charge in [-0.15, -0.1) is 0 Å². The topological polar surface area (TPSA) is 63.8 Å². The molecule has 0 aliphatic carbocycles. The van der Waals surface area contributed by atoms with Crippen molar-refractivity contribution in [3.63, 3.8) is 0 Å². The third kappa shape index (κ3) is 2.94. The zero-order valence-electron chi connectivity index (χ0n) is 10.2. The summed E-state index contributed by atoms with van der Waals surface area (Å²) in [7, 11) is 0. The van der Waals surface area contributed by atoms with E-state index in [0.717, 1.165) is 12.6 Å². The standard InChI is InChI=1S/C13H15FN4/c1-9-4-2-3-5-10(9)6-7-16-12-11(14)8-17-13(15)18-12/h2-5,8H,6-7H2,1H3,(H3,15,16,17,18). The number of halogens is 1. The normalized spacial score (nSPS) is 10.3. The molecular weight excluding hydrogens is 231 g/mol. The predicted molar refractivity (Wildman–Crippen MR) is 69.8 cm³/mol. The van der Waals surface area contributed by atoms with Crippen molar-refractivity contribution < 1.29 is 4.39 Å². The Morgan fingerprint density at radius 2 is 2.11 bits per heavy atom. The number of hydrogen-bond acceptors (Lipinski definition) is 4. The number of hydrogen-bond donors (Lipinski definition) is 2. The highest BCUT2D eigenvalue weighted by molar-refractivity contribution is 5.39. The molecule has 0 saturated carbocycles. The van der Waals surface area contributed by atoms with Gasteiger partial charge in [0.15, 0.2) is 11.6 Å². The van der Waals surface area contributed by atoms with E-state index in [1.807, 2.05) is 12.1 Å². The molecule has 1 aromatic carbocycles. The van der Waals surface area contributed by atoms with Gasteiger partial charge in [0.25, 0.3) is 0 Å². The third-order valence-electron chi connectivity index (χ3n) is 2.71. The van der Waals surface area contributed by atoms with Crippen LogP contribution in [0.15, 0.2) is 30.5 Å². The summed E-state index contributed by atoms with van der Waals surface area (Å²) in [5, 5.41) is 2.92. The maximum atomic E-state index is 13.3. The van der Waals surface area contributed by atoms with Crippen LogP contribution >= 0.6 is 0 Å². The Labute approximate surface area is 105 Å². The number of aromatic nitrogens is 2. The number of nitrogens with one attached hydrogen (secondary N) is 1. The van der Waals surface area contributed by atoms with Crippen LogP contribution in [0.25, 0.3) is 0 Å². The van der Waals surface area contributed by atoms with Crippen molar-refractivity contribution in [3.05, 3.63) is 47.4 Å². The molecule has 4 nitrogen and oxygen atoms in total. The lowest BCUT2D eigenvalue weighted by molar-refractivity contribution is 0.617. The second kappa shape index (κ2) is 5.44. The first kappa shape index (κ1) is 12.3. The van der Waals surface area contributed by atoms with Crippen LogP contribution in [0.5, 0.6) is 0 Å². The maximum Gasteiger partial charge on any atom is 0.222 e. The van der Waals surface area contributed by atoms with Crippen molar-refractivity contribution in [1.82, 2.24) is 9.97 Å². The summed E-state index contributed by atoms with van der Waals surface area (Å²) in [6.07, 6.45) is 1.87. The summed E-state index contributed by atoms with van der Waals surface area (Å²) in [5.74, 6) is -0.278. The minimum Gasteiger partial charge on any atom is -0.368 e. The highest BCUT2D eigenvalue weighted by Crippen LogP contribution is 2.11. The van der Waals surface area contributed by atoms with E-state index in [-0.39, 0.29) is 11.8 Å². The van der Waals surface area contributed by atoms with Crippen molar-refractivity contribution in [2.24, 2.45) is 0 Å². The van der Waals surface area contributed by atoms with Gasteiger partial charge in [0, 0.05) is 6.54 Å². The molecule has 0 atom stereocenters. The third-order valence-corrected chi connectivity index (χ3v) is 2.71. The molecule has 2 rings (SSSR count). The molecule has 0 spiro atoms. The molecule has 0 radical (unpaired) electrons. The number of nitrogens with two attached hydrogens (primary N) is 1. The van der Waals surface area contributed by atoms with E-state index < -0.39 is 5.82 Å². The molecule has 5 heteroatoms. The summed E-state index contributed by atoms with van der Waals surface area (Å²) in [4.78, 5) is 7.38. The van der Waals surface area contributed by atoms with Gasteiger partial charge >= 0.3 is 0 Å². The largest absolute Gasteiger partial charge is 0.368 e. The monoisotopic (exact) mass is 246 g/mol. The molecular formula is C13H15FN4. The zero-order chi connectivity index (χ0) is 13.0. The van der Waals surface area contributed by atoms with Crippen molar-refractivity contribution in [1.29, 1.82) is 0 Å². The van der Waals surface area contributed by atoms with E-state index in [1.54, 1.807) is 0 Å². The summed E-state index contributed by atoms with van der Waals surface area (Å²) < 4.78 is 13.3. The highest BCUT2D eigenvalue weighted by Gasteiger charge is 2.04. The minimum absolute atomic E-state index is 0.0646. The van der Waals surface area contributed by atoms with Gasteiger partial charge in [0.05, 0.1) is 6.20 Å². The van der Waals surface area contributed by atoms with Crippen LogP contribution in [0.2, 0.25) is 0 Å². The molecule has 18 heavy (non-hydrogen) atoms. The SMILES string of the molecule is Cc1ccccc1CCNc1nc(N)ncc1F. The molecule has 1 heterocycles. The Morgan fingerprint density at radius 3 is 2.89 bits per heavy atom. The van der Waals surface area contributed by atoms with Gasteiger partial charge in [0.2, 0.25) is 5.95 Å². The highest BCUT2D eigenvalue weighted by atomic mass is 19.1. The minimum atomic E-state index is -0.492. The van der Waals surface area contributed by atoms with Crippen LogP contribution in [0.4, 0.5) is 16.2 Å². The van der Waals surface area contributed by atoms with Crippen molar-refractivity contribution in [2.45, 2.75) is 13.3 Å². The van der Waals surface area contributed by atoms with Crippen LogP contribution in [0.3, 0.4) is 0 Å². The summed E-state index contributed by atoms with van der Waals surface area (Å²) in [6, 6.07) is 8.10. The quantitative estimate of drug-likeness (QED) is 0.867. The lowest BCUT2D eigenvalue weighted by atomic mass is 10.1. The molecule has 94 valence electrons.